The number of rotatable bonds is 2. The Bertz CT molecular complexity index is 309. The van der Waals surface area contributed by atoms with Gasteiger partial charge in [0.15, 0.2) is 0 Å². The maximum atomic E-state index is 11.2. The van der Waals surface area contributed by atoms with Crippen molar-refractivity contribution in [1.29, 1.82) is 0 Å². The number of aromatic nitrogens is 1. The first-order valence-electron chi connectivity index (χ1n) is 4.07. The predicted octanol–water partition coefficient (Wildman–Crippen LogP) is 0.676. The summed E-state index contributed by atoms with van der Waals surface area (Å²) in [7, 11) is 0. The van der Waals surface area contributed by atoms with Crippen molar-refractivity contribution in [2.75, 3.05) is 5.32 Å². The number of amides is 1. The first kappa shape index (κ1) is 9.67. The van der Waals surface area contributed by atoms with Crippen LogP contribution in [0.25, 0.3) is 0 Å². The molecular weight excluding hydrogens is 166 g/mol. The molecule has 1 aromatic heterocycles. The van der Waals surface area contributed by atoms with Crippen LogP contribution in [0.2, 0.25) is 0 Å². The van der Waals surface area contributed by atoms with Gasteiger partial charge < -0.3 is 11.1 Å². The molecular formula is C9H13N3O. The Morgan fingerprint density at radius 1 is 1.62 bits per heavy atom. The van der Waals surface area contributed by atoms with E-state index >= 15 is 0 Å². The second-order valence-corrected chi connectivity index (χ2v) is 3.03. The predicted molar refractivity (Wildman–Crippen MR) is 51.3 cm³/mol. The first-order chi connectivity index (χ1) is 6.09. The van der Waals surface area contributed by atoms with Crippen LogP contribution in [0.5, 0.6) is 0 Å². The van der Waals surface area contributed by atoms with Crippen molar-refractivity contribution in [3.8, 4) is 0 Å². The summed E-state index contributed by atoms with van der Waals surface area (Å²) in [6.07, 6.45) is 3.31. The molecule has 0 saturated heterocycles. The summed E-state index contributed by atoms with van der Waals surface area (Å²) in [5, 5.41) is 2.66. The molecule has 0 aliphatic carbocycles. The van der Waals surface area contributed by atoms with Gasteiger partial charge in [-0.3, -0.25) is 9.78 Å². The van der Waals surface area contributed by atoms with E-state index in [1.807, 2.05) is 13.0 Å². The van der Waals surface area contributed by atoms with E-state index in [0.717, 1.165) is 5.56 Å². The van der Waals surface area contributed by atoms with Crippen molar-refractivity contribution in [3.05, 3.63) is 24.0 Å². The highest BCUT2D eigenvalue weighted by molar-refractivity contribution is 5.94. The number of nitrogens with one attached hydrogen (secondary N) is 1. The maximum absolute atomic E-state index is 11.2. The second-order valence-electron chi connectivity index (χ2n) is 3.03. The minimum Gasteiger partial charge on any atom is -0.323 e. The van der Waals surface area contributed by atoms with E-state index in [1.54, 1.807) is 19.3 Å². The van der Waals surface area contributed by atoms with Gasteiger partial charge in [-0.05, 0) is 25.5 Å². The Labute approximate surface area is 77.2 Å². The summed E-state index contributed by atoms with van der Waals surface area (Å²) >= 11 is 0. The Balaban J connectivity index is 2.69. The Kier molecular flexibility index (Phi) is 2.97. The number of aryl methyl sites for hydroxylation is 1. The Morgan fingerprint density at radius 2 is 2.31 bits per heavy atom. The number of hydrogen-bond acceptors (Lipinski definition) is 3. The van der Waals surface area contributed by atoms with Crippen molar-refractivity contribution in [3.63, 3.8) is 0 Å². The van der Waals surface area contributed by atoms with E-state index < -0.39 is 6.04 Å². The van der Waals surface area contributed by atoms with Crippen molar-refractivity contribution in [2.45, 2.75) is 19.9 Å². The number of nitrogens with two attached hydrogens (primary N) is 1. The van der Waals surface area contributed by atoms with E-state index in [1.165, 1.54) is 0 Å². The number of pyridine rings is 1. The van der Waals surface area contributed by atoms with E-state index in [0.29, 0.717) is 5.69 Å². The molecule has 13 heavy (non-hydrogen) atoms. The third-order valence-electron chi connectivity index (χ3n) is 1.56. The molecule has 0 bridgehead atoms. The van der Waals surface area contributed by atoms with Crippen LogP contribution in [0.1, 0.15) is 12.5 Å². The molecule has 1 atom stereocenters. The fraction of sp³-hybridized carbons (Fsp3) is 0.333. The zero-order valence-electron chi connectivity index (χ0n) is 7.74. The molecule has 0 fully saturated rings. The molecule has 4 heteroatoms. The van der Waals surface area contributed by atoms with Gasteiger partial charge >= 0.3 is 0 Å². The summed E-state index contributed by atoms with van der Waals surface area (Å²) in [4.78, 5) is 15.1. The largest absolute Gasteiger partial charge is 0.323 e. The van der Waals surface area contributed by atoms with Crippen molar-refractivity contribution in [1.82, 2.24) is 4.98 Å². The van der Waals surface area contributed by atoms with Gasteiger partial charge in [0.05, 0.1) is 17.9 Å². The van der Waals surface area contributed by atoms with Crippen LogP contribution in [-0.4, -0.2) is 16.9 Å². The number of hydrogen-bond donors (Lipinski definition) is 2. The van der Waals surface area contributed by atoms with Crippen LogP contribution < -0.4 is 11.1 Å². The average Bonchev–Trinajstić information content (AvgIpc) is 2.04. The lowest BCUT2D eigenvalue weighted by Crippen LogP contribution is -2.32. The summed E-state index contributed by atoms with van der Waals surface area (Å²) in [5.74, 6) is -0.201. The van der Waals surface area contributed by atoms with E-state index in [2.05, 4.69) is 10.3 Å². The smallest absolute Gasteiger partial charge is 0.241 e. The molecule has 1 heterocycles. The average molecular weight is 179 g/mol. The van der Waals surface area contributed by atoms with Gasteiger partial charge in [0.2, 0.25) is 5.91 Å². The molecule has 1 amide bonds. The van der Waals surface area contributed by atoms with Gasteiger partial charge in [0, 0.05) is 6.20 Å². The van der Waals surface area contributed by atoms with Crippen LogP contribution in [-0.2, 0) is 4.79 Å². The minimum absolute atomic E-state index is 0.201. The highest BCUT2D eigenvalue weighted by Crippen LogP contribution is 2.06. The van der Waals surface area contributed by atoms with Gasteiger partial charge in [-0.1, -0.05) is 0 Å². The zero-order valence-corrected chi connectivity index (χ0v) is 7.74. The molecule has 1 rings (SSSR count). The lowest BCUT2D eigenvalue weighted by molar-refractivity contribution is -0.117. The third-order valence-corrected chi connectivity index (χ3v) is 1.56. The number of carbonyl (C=O) groups is 1. The highest BCUT2D eigenvalue weighted by Gasteiger charge is 2.06. The lowest BCUT2D eigenvalue weighted by atomic mass is 10.3. The van der Waals surface area contributed by atoms with Crippen LogP contribution in [0, 0.1) is 6.92 Å². The van der Waals surface area contributed by atoms with Crippen molar-refractivity contribution >= 4 is 11.6 Å². The normalized spacial score (nSPS) is 12.2. The van der Waals surface area contributed by atoms with Gasteiger partial charge in [-0.25, -0.2) is 0 Å². The molecule has 0 unspecified atom stereocenters. The van der Waals surface area contributed by atoms with Crippen molar-refractivity contribution < 1.29 is 4.79 Å². The number of carbonyl (C=O) groups excluding carboxylic acids is 1. The van der Waals surface area contributed by atoms with E-state index in [9.17, 15) is 4.79 Å². The second kappa shape index (κ2) is 4.00. The summed E-state index contributed by atoms with van der Waals surface area (Å²) in [6, 6.07) is 1.34. The monoisotopic (exact) mass is 179 g/mol. The summed E-state index contributed by atoms with van der Waals surface area (Å²) in [5.41, 5.74) is 7.07. The Morgan fingerprint density at radius 3 is 2.85 bits per heavy atom. The van der Waals surface area contributed by atoms with E-state index in [4.69, 9.17) is 5.73 Å². The molecule has 3 N–H and O–H groups in total. The molecule has 0 saturated carbocycles. The first-order valence-corrected chi connectivity index (χ1v) is 4.07. The van der Waals surface area contributed by atoms with Crippen LogP contribution in [0.4, 0.5) is 5.69 Å². The van der Waals surface area contributed by atoms with Crippen LogP contribution >= 0.6 is 0 Å². The zero-order chi connectivity index (χ0) is 9.84. The van der Waals surface area contributed by atoms with E-state index in [-0.39, 0.29) is 5.91 Å². The van der Waals surface area contributed by atoms with Gasteiger partial charge in [-0.2, -0.15) is 0 Å². The highest BCUT2D eigenvalue weighted by atomic mass is 16.2. The third kappa shape index (κ3) is 2.83. The fourth-order valence-corrected chi connectivity index (χ4v) is 0.879. The molecule has 0 aromatic carbocycles. The molecule has 0 spiro atoms. The lowest BCUT2D eigenvalue weighted by Gasteiger charge is -2.07. The Hall–Kier alpha value is -1.42. The molecule has 70 valence electrons. The molecule has 4 nitrogen and oxygen atoms in total. The maximum Gasteiger partial charge on any atom is 0.241 e. The molecule has 0 aliphatic rings. The fourth-order valence-electron chi connectivity index (χ4n) is 0.879. The van der Waals surface area contributed by atoms with Gasteiger partial charge in [-0.15, -0.1) is 0 Å². The quantitative estimate of drug-likeness (QED) is 0.701. The topological polar surface area (TPSA) is 68.0 Å². The molecule has 0 aliphatic heterocycles. The number of anilines is 1. The molecule has 0 radical (unpaired) electrons. The number of nitrogens with zero attached hydrogens (tertiary/aromatic N) is 1. The van der Waals surface area contributed by atoms with Gasteiger partial charge in [0.25, 0.3) is 0 Å². The van der Waals surface area contributed by atoms with Crippen LogP contribution in [0.3, 0.4) is 0 Å². The van der Waals surface area contributed by atoms with Crippen LogP contribution in [0.15, 0.2) is 18.5 Å². The van der Waals surface area contributed by atoms with Gasteiger partial charge in [0.1, 0.15) is 0 Å². The molecule has 1 aromatic rings. The standard InChI is InChI=1S/C9H13N3O/c1-6-3-8(5-11-4-6)12-9(13)7(2)10/h3-5,7H,10H2,1-2H3,(H,12,13)/t7-/m1/s1. The SMILES string of the molecule is Cc1cncc(NC(=O)[C@@H](C)N)c1. The minimum atomic E-state index is -0.500. The summed E-state index contributed by atoms with van der Waals surface area (Å²) < 4.78 is 0. The summed E-state index contributed by atoms with van der Waals surface area (Å²) in [6.45, 7) is 3.55. The van der Waals surface area contributed by atoms with Crippen molar-refractivity contribution in [2.24, 2.45) is 5.73 Å².